The lowest BCUT2D eigenvalue weighted by molar-refractivity contribution is 0.0519. The van der Waals surface area contributed by atoms with Crippen molar-refractivity contribution < 1.29 is 17.9 Å². The van der Waals surface area contributed by atoms with E-state index in [-0.39, 0.29) is 17.4 Å². The van der Waals surface area contributed by atoms with Crippen molar-refractivity contribution in [3.63, 3.8) is 0 Å². The molecular weight excluding hydrogens is 274 g/mol. The van der Waals surface area contributed by atoms with Crippen molar-refractivity contribution in [1.82, 2.24) is 4.98 Å². The van der Waals surface area contributed by atoms with Gasteiger partial charge in [0, 0.05) is 10.8 Å². The van der Waals surface area contributed by atoms with E-state index in [0.717, 1.165) is 9.88 Å². The molecular formula is C11H15NO4S2. The fourth-order valence-corrected chi connectivity index (χ4v) is 4.87. The molecule has 1 aliphatic heterocycles. The molecule has 0 bridgehead atoms. The zero-order chi connectivity index (χ0) is 13.3. The molecule has 0 amide bonds. The van der Waals surface area contributed by atoms with Crippen LogP contribution in [0, 0.1) is 6.92 Å². The Labute approximate surface area is 110 Å². The number of ether oxygens (including phenoxy) is 1. The first kappa shape index (κ1) is 13.5. The first-order chi connectivity index (χ1) is 8.43. The van der Waals surface area contributed by atoms with Gasteiger partial charge in [0.25, 0.3) is 0 Å². The van der Waals surface area contributed by atoms with Gasteiger partial charge in [0.05, 0.1) is 23.1 Å². The Morgan fingerprint density at radius 2 is 2.28 bits per heavy atom. The number of hydrogen-bond donors (Lipinski definition) is 0. The number of thiazole rings is 1. The minimum absolute atomic E-state index is 0.0677. The van der Waals surface area contributed by atoms with Gasteiger partial charge in [0.1, 0.15) is 0 Å². The van der Waals surface area contributed by atoms with Crippen molar-refractivity contribution in [2.24, 2.45) is 0 Å². The molecule has 0 aromatic carbocycles. The van der Waals surface area contributed by atoms with Crippen molar-refractivity contribution in [1.29, 1.82) is 0 Å². The second-order valence-corrected chi connectivity index (χ2v) is 7.74. The molecule has 0 radical (unpaired) electrons. The molecule has 0 spiro atoms. The van der Waals surface area contributed by atoms with E-state index in [1.807, 2.05) is 0 Å². The van der Waals surface area contributed by atoms with E-state index in [1.165, 1.54) is 11.3 Å². The predicted octanol–water partition coefficient (Wildman–Crippen LogP) is 1.53. The van der Waals surface area contributed by atoms with Gasteiger partial charge in [-0.05, 0) is 20.3 Å². The maximum Gasteiger partial charge on any atom is 0.358 e. The molecule has 1 aromatic rings. The third-order valence-electron chi connectivity index (χ3n) is 2.86. The largest absolute Gasteiger partial charge is 0.461 e. The van der Waals surface area contributed by atoms with Gasteiger partial charge >= 0.3 is 5.97 Å². The van der Waals surface area contributed by atoms with E-state index in [0.29, 0.717) is 18.7 Å². The molecule has 1 atom stereocenters. The van der Waals surface area contributed by atoms with Crippen LogP contribution >= 0.6 is 11.3 Å². The summed E-state index contributed by atoms with van der Waals surface area (Å²) in [6.45, 7) is 3.85. The molecule has 7 heteroatoms. The Balaban J connectivity index is 2.22. The number of aryl methyl sites for hydroxylation is 1. The number of esters is 1. The summed E-state index contributed by atoms with van der Waals surface area (Å²) in [7, 11) is -2.93. The zero-order valence-corrected chi connectivity index (χ0v) is 11.9. The summed E-state index contributed by atoms with van der Waals surface area (Å²) in [5.41, 5.74) is 0.321. The summed E-state index contributed by atoms with van der Waals surface area (Å²) in [6.07, 6.45) is 0.595. The highest BCUT2D eigenvalue weighted by atomic mass is 32.2. The number of rotatable bonds is 3. The van der Waals surface area contributed by atoms with E-state index in [4.69, 9.17) is 4.74 Å². The van der Waals surface area contributed by atoms with Gasteiger partial charge in [-0.2, -0.15) is 0 Å². The molecule has 2 heterocycles. The second-order valence-electron chi connectivity index (χ2n) is 4.28. The summed E-state index contributed by atoms with van der Waals surface area (Å²) in [4.78, 5) is 16.7. The highest BCUT2D eigenvalue weighted by Gasteiger charge is 2.32. The molecule has 1 aromatic heterocycles. The van der Waals surface area contributed by atoms with Crippen molar-refractivity contribution in [2.45, 2.75) is 26.2 Å². The van der Waals surface area contributed by atoms with Crippen molar-refractivity contribution in [3.05, 3.63) is 15.6 Å². The number of aromatic nitrogens is 1. The van der Waals surface area contributed by atoms with E-state index in [2.05, 4.69) is 4.98 Å². The fraction of sp³-hybridized carbons (Fsp3) is 0.636. The Morgan fingerprint density at radius 3 is 2.83 bits per heavy atom. The number of sulfone groups is 1. The molecule has 5 nitrogen and oxygen atoms in total. The summed E-state index contributed by atoms with van der Waals surface area (Å²) in [5, 5.41) is 0.733. The fourth-order valence-electron chi connectivity index (χ4n) is 1.97. The molecule has 1 unspecified atom stereocenters. The third kappa shape index (κ3) is 2.72. The van der Waals surface area contributed by atoms with Gasteiger partial charge in [-0.15, -0.1) is 11.3 Å². The van der Waals surface area contributed by atoms with Crippen LogP contribution in [0.1, 0.15) is 39.6 Å². The van der Waals surface area contributed by atoms with Crippen LogP contribution in [0.25, 0.3) is 0 Å². The molecule has 18 heavy (non-hydrogen) atoms. The topological polar surface area (TPSA) is 73.3 Å². The van der Waals surface area contributed by atoms with Gasteiger partial charge in [-0.1, -0.05) is 0 Å². The van der Waals surface area contributed by atoms with Crippen LogP contribution in [-0.4, -0.2) is 37.5 Å². The second kappa shape index (κ2) is 4.97. The van der Waals surface area contributed by atoms with Crippen LogP contribution in [0.3, 0.4) is 0 Å². The third-order valence-corrected chi connectivity index (χ3v) is 5.76. The SMILES string of the molecule is CCOC(=O)c1nc(C2CCS(=O)(=O)C2)sc1C. The minimum Gasteiger partial charge on any atom is -0.461 e. The van der Waals surface area contributed by atoms with Gasteiger partial charge in [-0.25, -0.2) is 18.2 Å². The normalized spacial score (nSPS) is 22.0. The Hall–Kier alpha value is -0.950. The maximum atomic E-state index is 11.6. The molecule has 0 N–H and O–H groups in total. The lowest BCUT2D eigenvalue weighted by Crippen LogP contribution is -2.08. The molecule has 2 rings (SSSR count). The van der Waals surface area contributed by atoms with Crippen molar-refractivity contribution >= 4 is 27.1 Å². The summed E-state index contributed by atoms with van der Waals surface area (Å²) in [5.74, 6) is -0.145. The van der Waals surface area contributed by atoms with E-state index < -0.39 is 15.8 Å². The Bertz CT molecular complexity index is 562. The van der Waals surface area contributed by atoms with Crippen LogP contribution in [0.5, 0.6) is 0 Å². The molecule has 100 valence electrons. The highest BCUT2D eigenvalue weighted by Crippen LogP contribution is 2.33. The first-order valence-electron chi connectivity index (χ1n) is 5.78. The van der Waals surface area contributed by atoms with E-state index >= 15 is 0 Å². The number of hydrogen-bond acceptors (Lipinski definition) is 6. The lowest BCUT2D eigenvalue weighted by atomic mass is 10.1. The number of carbonyl (C=O) groups is 1. The lowest BCUT2D eigenvalue weighted by Gasteiger charge is -2.01. The van der Waals surface area contributed by atoms with Gasteiger partial charge in [0.15, 0.2) is 15.5 Å². The number of nitrogens with zero attached hydrogens (tertiary/aromatic N) is 1. The quantitative estimate of drug-likeness (QED) is 0.789. The summed E-state index contributed by atoms with van der Waals surface area (Å²) >= 11 is 1.39. The molecule has 1 aliphatic rings. The first-order valence-corrected chi connectivity index (χ1v) is 8.41. The van der Waals surface area contributed by atoms with Gasteiger partial charge in [0.2, 0.25) is 0 Å². The predicted molar refractivity (Wildman–Crippen MR) is 68.8 cm³/mol. The molecule has 1 saturated heterocycles. The van der Waals surface area contributed by atoms with Crippen LogP contribution in [0.2, 0.25) is 0 Å². The van der Waals surface area contributed by atoms with Crippen LogP contribution in [0.15, 0.2) is 0 Å². The van der Waals surface area contributed by atoms with E-state index in [9.17, 15) is 13.2 Å². The van der Waals surface area contributed by atoms with Gasteiger partial charge in [-0.3, -0.25) is 0 Å². The highest BCUT2D eigenvalue weighted by molar-refractivity contribution is 7.91. The van der Waals surface area contributed by atoms with Crippen molar-refractivity contribution in [2.75, 3.05) is 18.1 Å². The van der Waals surface area contributed by atoms with E-state index in [1.54, 1.807) is 13.8 Å². The van der Waals surface area contributed by atoms with Crippen LogP contribution in [0.4, 0.5) is 0 Å². The average molecular weight is 289 g/mol. The summed E-state index contributed by atoms with van der Waals surface area (Å²) in [6, 6.07) is 0. The van der Waals surface area contributed by atoms with Crippen molar-refractivity contribution in [3.8, 4) is 0 Å². The Morgan fingerprint density at radius 1 is 1.56 bits per heavy atom. The smallest absolute Gasteiger partial charge is 0.358 e. The zero-order valence-electron chi connectivity index (χ0n) is 10.3. The average Bonchev–Trinajstić information content (AvgIpc) is 2.82. The van der Waals surface area contributed by atoms with Gasteiger partial charge < -0.3 is 4.74 Å². The maximum absolute atomic E-state index is 11.6. The van der Waals surface area contributed by atoms with Crippen LogP contribution < -0.4 is 0 Å². The molecule has 0 saturated carbocycles. The summed E-state index contributed by atoms with van der Waals surface area (Å²) < 4.78 is 27.8. The number of carbonyl (C=O) groups excluding carboxylic acids is 1. The monoisotopic (exact) mass is 289 g/mol. The van der Waals surface area contributed by atoms with Crippen LogP contribution in [-0.2, 0) is 14.6 Å². The minimum atomic E-state index is -2.93. The Kier molecular flexibility index (Phi) is 3.72. The molecule has 1 fully saturated rings. The standard InChI is InChI=1S/C11H15NO4S2/c1-3-16-11(13)9-7(2)17-10(12-9)8-4-5-18(14,15)6-8/h8H,3-6H2,1-2H3. The molecule has 0 aliphatic carbocycles.